The maximum atomic E-state index is 3.58. The Hall–Kier alpha value is -0.420. The monoisotopic (exact) mass is 294 g/mol. The summed E-state index contributed by atoms with van der Waals surface area (Å²) in [6.45, 7) is 6.09. The maximum Gasteiger partial charge on any atom is 0.0453 e. The lowest BCUT2D eigenvalue weighted by atomic mass is 10.1. The maximum absolute atomic E-state index is 3.58. The van der Waals surface area contributed by atoms with Crippen LogP contribution in [0.5, 0.6) is 0 Å². The molecule has 4 heteroatoms. The van der Waals surface area contributed by atoms with Crippen molar-refractivity contribution < 1.29 is 0 Å². The van der Waals surface area contributed by atoms with Gasteiger partial charge in [-0.25, -0.2) is 0 Å². The van der Waals surface area contributed by atoms with E-state index in [9.17, 15) is 0 Å². The van der Waals surface area contributed by atoms with Crippen molar-refractivity contribution in [2.75, 3.05) is 26.2 Å². The Labute approximate surface area is 123 Å². The molecule has 2 aromatic rings. The summed E-state index contributed by atoms with van der Waals surface area (Å²) in [6, 6.07) is 4.56. The summed E-state index contributed by atoms with van der Waals surface area (Å²) >= 11 is 3.77. The number of nitrogens with one attached hydrogen (secondary N) is 1. The number of nitrogens with zero attached hydrogens (tertiary/aromatic N) is 1. The fraction of sp³-hybridized carbons (Fsp3) is 0.600. The number of rotatable bonds is 6. The zero-order valence-electron chi connectivity index (χ0n) is 11.4. The van der Waals surface area contributed by atoms with E-state index >= 15 is 0 Å². The number of hydrogen-bond acceptors (Lipinski definition) is 4. The van der Waals surface area contributed by atoms with Crippen LogP contribution in [0.1, 0.15) is 30.6 Å². The van der Waals surface area contributed by atoms with Crippen molar-refractivity contribution >= 4 is 32.1 Å². The molecular formula is C15H22N2S2. The minimum atomic E-state index is 1.03. The average Bonchev–Trinajstić information content (AvgIpc) is 3.00. The van der Waals surface area contributed by atoms with E-state index in [0.717, 1.165) is 13.1 Å². The Morgan fingerprint density at radius 1 is 1.16 bits per heavy atom. The first-order valence-corrected chi connectivity index (χ1v) is 9.00. The Bertz CT molecular complexity index is 468. The minimum absolute atomic E-state index is 1.03. The Balaban J connectivity index is 1.33. The molecule has 2 nitrogen and oxygen atoms in total. The lowest BCUT2D eigenvalue weighted by Gasteiger charge is -2.26. The van der Waals surface area contributed by atoms with Gasteiger partial charge in [-0.15, -0.1) is 22.7 Å². The van der Waals surface area contributed by atoms with Crippen LogP contribution in [0.25, 0.3) is 9.40 Å². The topological polar surface area (TPSA) is 15.3 Å². The van der Waals surface area contributed by atoms with E-state index < -0.39 is 0 Å². The van der Waals surface area contributed by atoms with Crippen molar-refractivity contribution in [2.45, 2.75) is 32.2 Å². The lowest BCUT2D eigenvalue weighted by molar-refractivity contribution is 0.226. The van der Waals surface area contributed by atoms with Crippen LogP contribution in [0.4, 0.5) is 0 Å². The fourth-order valence-corrected chi connectivity index (χ4v) is 4.83. The number of fused-ring (bicyclic) bond motifs is 1. The molecule has 2 aromatic heterocycles. The molecule has 0 spiro atoms. The second-order valence-corrected chi connectivity index (χ2v) is 7.41. The van der Waals surface area contributed by atoms with Gasteiger partial charge in [-0.2, -0.15) is 0 Å². The molecule has 0 aromatic carbocycles. The average molecular weight is 294 g/mol. The van der Waals surface area contributed by atoms with Crippen LogP contribution >= 0.6 is 22.7 Å². The van der Waals surface area contributed by atoms with E-state index in [4.69, 9.17) is 0 Å². The second-order valence-electron chi connectivity index (χ2n) is 5.29. The molecule has 1 aliphatic heterocycles. The largest absolute Gasteiger partial charge is 0.312 e. The van der Waals surface area contributed by atoms with Gasteiger partial charge in [0.05, 0.1) is 0 Å². The third kappa shape index (κ3) is 3.78. The highest BCUT2D eigenvalue weighted by atomic mass is 32.1. The first kappa shape index (κ1) is 13.6. The Morgan fingerprint density at radius 2 is 2.05 bits per heavy atom. The van der Waals surface area contributed by atoms with E-state index in [1.807, 2.05) is 22.7 Å². The number of thiophene rings is 2. The third-order valence-corrected chi connectivity index (χ3v) is 5.86. The van der Waals surface area contributed by atoms with Crippen LogP contribution in [0.15, 0.2) is 17.5 Å². The van der Waals surface area contributed by atoms with E-state index in [2.05, 4.69) is 27.7 Å². The van der Waals surface area contributed by atoms with Crippen molar-refractivity contribution in [1.29, 1.82) is 0 Å². The molecule has 1 aliphatic rings. The number of piperidine rings is 1. The predicted molar refractivity (Wildman–Crippen MR) is 86.3 cm³/mol. The van der Waals surface area contributed by atoms with Gasteiger partial charge in [-0.1, -0.05) is 6.42 Å². The van der Waals surface area contributed by atoms with Crippen LogP contribution in [0.2, 0.25) is 0 Å². The summed E-state index contributed by atoms with van der Waals surface area (Å²) in [5.74, 6) is 0. The van der Waals surface area contributed by atoms with Crippen LogP contribution in [0, 0.1) is 0 Å². The standard InChI is InChI=1S/C15H22N2S2/c1-2-7-17(8-3-1)9-4-6-16-12-13-11-15-14(19-13)5-10-18-15/h5,10-11,16H,1-4,6-9,12H2. The van der Waals surface area contributed by atoms with E-state index in [-0.39, 0.29) is 0 Å². The minimum Gasteiger partial charge on any atom is -0.312 e. The van der Waals surface area contributed by atoms with Crippen LogP contribution in [-0.4, -0.2) is 31.1 Å². The number of likely N-dealkylation sites (tertiary alicyclic amines) is 1. The molecule has 1 fully saturated rings. The summed E-state index contributed by atoms with van der Waals surface area (Å²) in [7, 11) is 0. The fourth-order valence-electron chi connectivity index (χ4n) is 2.73. The van der Waals surface area contributed by atoms with Gasteiger partial charge < -0.3 is 10.2 Å². The second kappa shape index (κ2) is 6.84. The van der Waals surface area contributed by atoms with Crippen molar-refractivity contribution in [3.63, 3.8) is 0 Å². The summed E-state index contributed by atoms with van der Waals surface area (Å²) in [5.41, 5.74) is 0. The highest BCUT2D eigenvalue weighted by molar-refractivity contribution is 7.26. The molecule has 104 valence electrons. The Morgan fingerprint density at radius 3 is 2.89 bits per heavy atom. The molecule has 0 saturated carbocycles. The Kier molecular flexibility index (Phi) is 4.88. The van der Waals surface area contributed by atoms with Gasteiger partial charge in [0.1, 0.15) is 0 Å². The zero-order chi connectivity index (χ0) is 12.9. The van der Waals surface area contributed by atoms with E-state index in [1.54, 1.807) is 0 Å². The molecule has 1 saturated heterocycles. The SMILES string of the molecule is c1cc2sc(CNCCCN3CCCCC3)cc2s1. The molecule has 1 N–H and O–H groups in total. The summed E-state index contributed by atoms with van der Waals surface area (Å²) in [5, 5.41) is 5.76. The smallest absolute Gasteiger partial charge is 0.0453 e. The van der Waals surface area contributed by atoms with Crippen molar-refractivity contribution in [3.05, 3.63) is 22.4 Å². The molecule has 0 unspecified atom stereocenters. The zero-order valence-corrected chi connectivity index (χ0v) is 13.0. The first-order valence-electron chi connectivity index (χ1n) is 7.31. The van der Waals surface area contributed by atoms with Gasteiger partial charge >= 0.3 is 0 Å². The summed E-state index contributed by atoms with van der Waals surface area (Å²) in [6.07, 6.45) is 5.52. The summed E-state index contributed by atoms with van der Waals surface area (Å²) < 4.78 is 2.88. The van der Waals surface area contributed by atoms with Crippen molar-refractivity contribution in [3.8, 4) is 0 Å². The van der Waals surface area contributed by atoms with Crippen LogP contribution in [0.3, 0.4) is 0 Å². The quantitative estimate of drug-likeness (QED) is 0.812. The van der Waals surface area contributed by atoms with Gasteiger partial charge in [0.15, 0.2) is 0 Å². The molecule has 3 heterocycles. The molecule has 0 bridgehead atoms. The molecule has 0 radical (unpaired) electrons. The lowest BCUT2D eigenvalue weighted by Crippen LogP contribution is -2.32. The highest BCUT2D eigenvalue weighted by Gasteiger charge is 2.08. The normalized spacial score (nSPS) is 17.3. The van der Waals surface area contributed by atoms with Gasteiger partial charge in [-0.05, 0) is 63.0 Å². The molecule has 3 rings (SSSR count). The van der Waals surface area contributed by atoms with E-state index in [1.165, 1.54) is 59.6 Å². The van der Waals surface area contributed by atoms with Gasteiger partial charge in [-0.3, -0.25) is 0 Å². The van der Waals surface area contributed by atoms with E-state index in [0.29, 0.717) is 0 Å². The molecule has 19 heavy (non-hydrogen) atoms. The first-order chi connectivity index (χ1) is 9.42. The van der Waals surface area contributed by atoms with Crippen LogP contribution in [-0.2, 0) is 6.54 Å². The van der Waals surface area contributed by atoms with Crippen LogP contribution < -0.4 is 5.32 Å². The van der Waals surface area contributed by atoms with Gasteiger partial charge in [0.25, 0.3) is 0 Å². The molecule has 0 aliphatic carbocycles. The third-order valence-electron chi connectivity index (χ3n) is 3.77. The van der Waals surface area contributed by atoms with Gasteiger partial charge in [0.2, 0.25) is 0 Å². The number of hydrogen-bond donors (Lipinski definition) is 1. The highest BCUT2D eigenvalue weighted by Crippen LogP contribution is 2.29. The summed E-state index contributed by atoms with van der Waals surface area (Å²) in [4.78, 5) is 4.09. The van der Waals surface area contributed by atoms with Crippen molar-refractivity contribution in [2.24, 2.45) is 0 Å². The molecule has 0 atom stereocenters. The predicted octanol–water partition coefficient (Wildman–Crippen LogP) is 3.93. The molecule has 0 amide bonds. The van der Waals surface area contributed by atoms with Crippen molar-refractivity contribution in [1.82, 2.24) is 10.2 Å². The van der Waals surface area contributed by atoms with Gasteiger partial charge in [0, 0.05) is 20.8 Å². The molecular weight excluding hydrogens is 272 g/mol.